The van der Waals surface area contributed by atoms with Crippen LogP contribution < -0.4 is 10.5 Å². The fourth-order valence-electron chi connectivity index (χ4n) is 2.07. The third kappa shape index (κ3) is 3.29. The molecule has 0 aliphatic rings. The van der Waals surface area contributed by atoms with Crippen molar-refractivity contribution in [2.45, 2.75) is 25.2 Å². The Morgan fingerprint density at radius 2 is 1.95 bits per heavy atom. The van der Waals surface area contributed by atoms with Gasteiger partial charge in [-0.05, 0) is 35.9 Å². The van der Waals surface area contributed by atoms with Crippen molar-refractivity contribution in [2.24, 2.45) is 5.92 Å². The molecule has 108 valence electrons. The van der Waals surface area contributed by atoms with Gasteiger partial charge in [0.05, 0.1) is 4.90 Å². The molecule has 3 N–H and O–H groups in total. The second kappa shape index (κ2) is 5.81. The summed E-state index contributed by atoms with van der Waals surface area (Å²) >= 11 is 0. The van der Waals surface area contributed by atoms with Gasteiger partial charge in [0, 0.05) is 17.6 Å². The van der Waals surface area contributed by atoms with E-state index in [-0.39, 0.29) is 0 Å². The maximum absolute atomic E-state index is 12.4. The highest BCUT2D eigenvalue weighted by molar-refractivity contribution is 7.89. The summed E-state index contributed by atoms with van der Waals surface area (Å²) in [7, 11) is -3.49. The molecule has 0 aromatic heterocycles. The van der Waals surface area contributed by atoms with E-state index in [4.69, 9.17) is 5.73 Å². The van der Waals surface area contributed by atoms with E-state index in [0.29, 0.717) is 28.4 Å². The van der Waals surface area contributed by atoms with Gasteiger partial charge in [-0.15, -0.1) is 0 Å². The third-order valence-corrected chi connectivity index (χ3v) is 4.69. The lowest BCUT2D eigenvalue weighted by Gasteiger charge is -2.11. The van der Waals surface area contributed by atoms with E-state index in [1.54, 1.807) is 30.3 Å². The van der Waals surface area contributed by atoms with Crippen molar-refractivity contribution in [2.75, 3.05) is 12.3 Å². The summed E-state index contributed by atoms with van der Waals surface area (Å²) in [5, 5.41) is 1.52. The minimum Gasteiger partial charge on any atom is -0.399 e. The van der Waals surface area contributed by atoms with Crippen molar-refractivity contribution in [3.05, 3.63) is 36.4 Å². The van der Waals surface area contributed by atoms with Gasteiger partial charge in [-0.25, -0.2) is 13.1 Å². The molecule has 0 fully saturated rings. The van der Waals surface area contributed by atoms with Gasteiger partial charge in [-0.3, -0.25) is 0 Å². The smallest absolute Gasteiger partial charge is 0.241 e. The number of anilines is 1. The fourth-order valence-corrected chi connectivity index (χ4v) is 3.34. The van der Waals surface area contributed by atoms with Gasteiger partial charge in [0.25, 0.3) is 0 Å². The van der Waals surface area contributed by atoms with Crippen molar-refractivity contribution in [3.63, 3.8) is 0 Å². The van der Waals surface area contributed by atoms with Crippen molar-refractivity contribution in [1.82, 2.24) is 4.72 Å². The summed E-state index contributed by atoms with van der Waals surface area (Å²) in [6.45, 7) is 4.58. The second-order valence-electron chi connectivity index (χ2n) is 5.32. The van der Waals surface area contributed by atoms with E-state index in [9.17, 15) is 8.42 Å². The Labute approximate surface area is 120 Å². The Kier molecular flexibility index (Phi) is 4.30. The number of nitrogens with one attached hydrogen (secondary N) is 1. The molecule has 4 nitrogen and oxygen atoms in total. The van der Waals surface area contributed by atoms with Crippen LogP contribution in [0.25, 0.3) is 10.8 Å². The zero-order valence-electron chi connectivity index (χ0n) is 11.8. The predicted octanol–water partition coefficient (Wildman–Crippen LogP) is 2.75. The molecule has 0 saturated heterocycles. The van der Waals surface area contributed by atoms with Crippen LogP contribution >= 0.6 is 0 Å². The van der Waals surface area contributed by atoms with E-state index < -0.39 is 10.0 Å². The monoisotopic (exact) mass is 292 g/mol. The molecule has 2 aromatic rings. The topological polar surface area (TPSA) is 72.2 Å². The van der Waals surface area contributed by atoms with Gasteiger partial charge in [0.1, 0.15) is 0 Å². The molecule has 0 radical (unpaired) electrons. The lowest BCUT2D eigenvalue weighted by atomic mass is 10.1. The molecule has 2 rings (SSSR count). The van der Waals surface area contributed by atoms with Gasteiger partial charge in [-0.1, -0.05) is 32.0 Å². The number of hydrogen-bond donors (Lipinski definition) is 2. The Balaban J connectivity index is 2.36. The number of rotatable bonds is 5. The van der Waals surface area contributed by atoms with E-state index in [1.807, 2.05) is 6.07 Å². The first-order valence-corrected chi connectivity index (χ1v) is 8.16. The molecule has 0 spiro atoms. The molecule has 5 heteroatoms. The van der Waals surface area contributed by atoms with Crippen LogP contribution in [0.5, 0.6) is 0 Å². The normalized spacial score (nSPS) is 12.2. The van der Waals surface area contributed by atoms with Crippen LogP contribution in [0, 0.1) is 5.92 Å². The lowest BCUT2D eigenvalue weighted by molar-refractivity contribution is 0.552. The first kappa shape index (κ1) is 14.8. The summed E-state index contributed by atoms with van der Waals surface area (Å²) in [5.41, 5.74) is 6.36. The first-order valence-electron chi connectivity index (χ1n) is 6.68. The summed E-state index contributed by atoms with van der Waals surface area (Å²) in [6.07, 6.45) is 0.816. The summed E-state index contributed by atoms with van der Waals surface area (Å²) < 4.78 is 27.4. The molecule has 0 aliphatic heterocycles. The SMILES string of the molecule is CC(C)CCNS(=O)(=O)c1cccc2cc(N)ccc12. The number of hydrogen-bond acceptors (Lipinski definition) is 3. The highest BCUT2D eigenvalue weighted by Gasteiger charge is 2.16. The van der Waals surface area contributed by atoms with Gasteiger partial charge < -0.3 is 5.73 Å². The lowest BCUT2D eigenvalue weighted by Crippen LogP contribution is -2.25. The van der Waals surface area contributed by atoms with Crippen LogP contribution in [-0.2, 0) is 10.0 Å². The molecule has 0 saturated carbocycles. The van der Waals surface area contributed by atoms with Crippen LogP contribution in [0.3, 0.4) is 0 Å². The van der Waals surface area contributed by atoms with Crippen LogP contribution in [0.2, 0.25) is 0 Å². The highest BCUT2D eigenvalue weighted by atomic mass is 32.2. The molecular weight excluding hydrogens is 272 g/mol. The largest absolute Gasteiger partial charge is 0.399 e. The quantitative estimate of drug-likeness (QED) is 0.832. The number of benzene rings is 2. The van der Waals surface area contributed by atoms with Crippen molar-refractivity contribution < 1.29 is 8.42 Å². The standard InChI is InChI=1S/C15H20N2O2S/c1-11(2)8-9-17-20(18,19)15-5-3-4-12-10-13(16)6-7-14(12)15/h3-7,10-11,17H,8-9,16H2,1-2H3. The number of sulfonamides is 1. The van der Waals surface area contributed by atoms with Crippen LogP contribution in [0.15, 0.2) is 41.3 Å². The molecule has 0 aliphatic carbocycles. The van der Waals surface area contributed by atoms with E-state index in [2.05, 4.69) is 18.6 Å². The van der Waals surface area contributed by atoms with E-state index in [0.717, 1.165) is 11.8 Å². The maximum Gasteiger partial charge on any atom is 0.241 e. The van der Waals surface area contributed by atoms with Gasteiger partial charge >= 0.3 is 0 Å². The molecular formula is C15H20N2O2S. The molecule has 0 bridgehead atoms. The second-order valence-corrected chi connectivity index (χ2v) is 7.05. The van der Waals surface area contributed by atoms with Crippen LogP contribution in [-0.4, -0.2) is 15.0 Å². The highest BCUT2D eigenvalue weighted by Crippen LogP contribution is 2.24. The molecule has 20 heavy (non-hydrogen) atoms. The van der Waals surface area contributed by atoms with Crippen molar-refractivity contribution in [1.29, 1.82) is 0 Å². The predicted molar refractivity (Wildman–Crippen MR) is 83.0 cm³/mol. The van der Waals surface area contributed by atoms with Gasteiger partial charge in [0.15, 0.2) is 0 Å². The third-order valence-electron chi connectivity index (χ3n) is 3.17. The Morgan fingerprint density at radius 3 is 2.65 bits per heavy atom. The fraction of sp³-hybridized carbons (Fsp3) is 0.333. The first-order chi connectivity index (χ1) is 9.40. The van der Waals surface area contributed by atoms with Crippen LogP contribution in [0.1, 0.15) is 20.3 Å². The average molecular weight is 292 g/mol. The van der Waals surface area contributed by atoms with Crippen molar-refractivity contribution in [3.8, 4) is 0 Å². The van der Waals surface area contributed by atoms with Gasteiger partial charge in [0.2, 0.25) is 10.0 Å². The zero-order valence-corrected chi connectivity index (χ0v) is 12.6. The molecule has 0 unspecified atom stereocenters. The average Bonchev–Trinajstić information content (AvgIpc) is 2.36. The minimum atomic E-state index is -3.49. The molecule has 0 heterocycles. The summed E-state index contributed by atoms with van der Waals surface area (Å²) in [5.74, 6) is 0.463. The Morgan fingerprint density at radius 1 is 1.20 bits per heavy atom. The molecule has 2 aromatic carbocycles. The molecule has 0 amide bonds. The number of nitrogen functional groups attached to an aromatic ring is 1. The van der Waals surface area contributed by atoms with Gasteiger partial charge in [-0.2, -0.15) is 0 Å². The Bertz CT molecular complexity index is 709. The summed E-state index contributed by atoms with van der Waals surface area (Å²) in [4.78, 5) is 0.304. The van der Waals surface area contributed by atoms with Crippen molar-refractivity contribution >= 4 is 26.5 Å². The van der Waals surface area contributed by atoms with Crippen LogP contribution in [0.4, 0.5) is 5.69 Å². The zero-order chi connectivity index (χ0) is 14.8. The number of fused-ring (bicyclic) bond motifs is 1. The summed E-state index contributed by atoms with van der Waals surface area (Å²) in [6, 6.07) is 10.5. The maximum atomic E-state index is 12.4. The minimum absolute atomic E-state index is 0.304. The number of nitrogens with two attached hydrogens (primary N) is 1. The Hall–Kier alpha value is -1.59. The molecule has 0 atom stereocenters. The van der Waals surface area contributed by atoms with E-state index in [1.165, 1.54) is 0 Å². The van der Waals surface area contributed by atoms with E-state index >= 15 is 0 Å².